The lowest BCUT2D eigenvalue weighted by atomic mass is 10.0. The van der Waals surface area contributed by atoms with Crippen molar-refractivity contribution >= 4 is 40.7 Å². The lowest BCUT2D eigenvalue weighted by molar-refractivity contribution is -0.120. The second-order valence-corrected chi connectivity index (χ2v) is 8.80. The van der Waals surface area contributed by atoms with Crippen molar-refractivity contribution in [2.75, 3.05) is 30.8 Å². The molecule has 2 heterocycles. The van der Waals surface area contributed by atoms with Crippen molar-refractivity contribution in [3.05, 3.63) is 94.5 Å². The van der Waals surface area contributed by atoms with E-state index in [9.17, 15) is 9.59 Å². The number of anilines is 2. The summed E-state index contributed by atoms with van der Waals surface area (Å²) in [6.07, 6.45) is 0. The molecule has 0 aromatic heterocycles. The number of rotatable bonds is 4. The van der Waals surface area contributed by atoms with Gasteiger partial charge < -0.3 is 20.4 Å². The summed E-state index contributed by atoms with van der Waals surface area (Å²) in [5, 5.41) is 6.43. The third kappa shape index (κ3) is 4.34. The van der Waals surface area contributed by atoms with Crippen molar-refractivity contribution in [2.45, 2.75) is 12.6 Å². The molecule has 2 aliphatic rings. The molecule has 2 aliphatic heterocycles. The summed E-state index contributed by atoms with van der Waals surface area (Å²) in [5.74, 6) is 0.687. The summed E-state index contributed by atoms with van der Waals surface area (Å²) in [5.41, 5.74) is 4.06. The Hall–Kier alpha value is -3.84. The fraction of sp³-hybridized carbons (Fsp3) is 0.192. The molecule has 3 amide bonds. The van der Waals surface area contributed by atoms with Crippen molar-refractivity contribution in [1.82, 2.24) is 9.80 Å². The molecule has 0 aliphatic carbocycles. The third-order valence-electron chi connectivity index (χ3n) is 6.08. The zero-order valence-corrected chi connectivity index (χ0v) is 19.4. The van der Waals surface area contributed by atoms with Crippen molar-refractivity contribution < 1.29 is 9.59 Å². The Morgan fingerprint density at radius 2 is 1.62 bits per heavy atom. The minimum Gasteiger partial charge on any atom is -0.358 e. The van der Waals surface area contributed by atoms with Crippen molar-refractivity contribution in [3.63, 3.8) is 0 Å². The van der Waals surface area contributed by atoms with E-state index >= 15 is 0 Å². The molecule has 3 aromatic carbocycles. The standard InChI is InChI=1S/C26H24ClN5O2/c1-31-15-14-28-24(31)17-6-10-20(11-7-17)29-25(33)23-22-5-3-2-4-18(22)16-32(23)26(34)30-21-12-8-19(27)9-13-21/h2-13,23H,14-16H2,1H3,(H,29,33)(H,30,34). The summed E-state index contributed by atoms with van der Waals surface area (Å²) in [4.78, 5) is 34.7. The number of hydrogen-bond acceptors (Lipinski definition) is 4. The average molecular weight is 474 g/mol. The van der Waals surface area contributed by atoms with Crippen LogP contribution in [-0.2, 0) is 11.3 Å². The predicted octanol–water partition coefficient (Wildman–Crippen LogP) is 4.76. The highest BCUT2D eigenvalue weighted by molar-refractivity contribution is 6.30. The molecule has 0 saturated heterocycles. The van der Waals surface area contributed by atoms with E-state index in [-0.39, 0.29) is 11.9 Å². The molecular formula is C26H24ClN5O2. The van der Waals surface area contributed by atoms with Crippen molar-refractivity contribution in [1.29, 1.82) is 0 Å². The minimum absolute atomic E-state index is 0.265. The quantitative estimate of drug-likeness (QED) is 0.573. The van der Waals surface area contributed by atoms with Crippen LogP contribution in [-0.4, -0.2) is 47.7 Å². The van der Waals surface area contributed by atoms with Crippen LogP contribution >= 0.6 is 11.6 Å². The van der Waals surface area contributed by atoms with Gasteiger partial charge in [0.1, 0.15) is 11.9 Å². The highest BCUT2D eigenvalue weighted by atomic mass is 35.5. The largest absolute Gasteiger partial charge is 0.358 e. The number of benzene rings is 3. The maximum atomic E-state index is 13.4. The van der Waals surface area contributed by atoms with E-state index in [1.807, 2.05) is 55.6 Å². The molecule has 2 N–H and O–H groups in total. The summed E-state index contributed by atoms with van der Waals surface area (Å²) < 4.78 is 0. The Balaban J connectivity index is 1.35. The van der Waals surface area contributed by atoms with Gasteiger partial charge in [-0.05, 0) is 59.7 Å². The summed E-state index contributed by atoms with van der Waals surface area (Å²) >= 11 is 5.95. The molecule has 1 atom stereocenters. The molecule has 0 radical (unpaired) electrons. The van der Waals surface area contributed by atoms with Crippen LogP contribution in [0.1, 0.15) is 22.7 Å². The van der Waals surface area contributed by atoms with Gasteiger partial charge in [0.25, 0.3) is 5.91 Å². The lowest BCUT2D eigenvalue weighted by Crippen LogP contribution is -2.39. The molecule has 0 spiro atoms. The topological polar surface area (TPSA) is 77.0 Å². The minimum atomic E-state index is -0.742. The number of nitrogens with one attached hydrogen (secondary N) is 2. The van der Waals surface area contributed by atoms with Crippen LogP contribution < -0.4 is 10.6 Å². The highest BCUT2D eigenvalue weighted by Gasteiger charge is 2.38. The van der Waals surface area contributed by atoms with E-state index in [2.05, 4.69) is 20.5 Å². The van der Waals surface area contributed by atoms with Crippen LogP contribution in [0.25, 0.3) is 0 Å². The van der Waals surface area contributed by atoms with Gasteiger partial charge in [-0.15, -0.1) is 0 Å². The first-order chi connectivity index (χ1) is 16.5. The molecule has 0 fully saturated rings. The van der Waals surface area contributed by atoms with E-state index in [4.69, 9.17) is 11.6 Å². The molecule has 8 heteroatoms. The van der Waals surface area contributed by atoms with Crippen LogP contribution in [0.5, 0.6) is 0 Å². The normalized spacial score (nSPS) is 16.8. The van der Waals surface area contributed by atoms with Gasteiger partial charge in [0.05, 0.1) is 6.54 Å². The fourth-order valence-corrected chi connectivity index (χ4v) is 4.47. The van der Waals surface area contributed by atoms with Gasteiger partial charge in [-0.3, -0.25) is 9.79 Å². The predicted molar refractivity (Wildman–Crippen MR) is 134 cm³/mol. The Kier molecular flexibility index (Phi) is 5.94. The van der Waals surface area contributed by atoms with Crippen LogP contribution in [0.3, 0.4) is 0 Å². The van der Waals surface area contributed by atoms with Crippen LogP contribution in [0.2, 0.25) is 5.02 Å². The molecule has 7 nitrogen and oxygen atoms in total. The molecule has 0 saturated carbocycles. The van der Waals surface area contributed by atoms with Gasteiger partial charge in [0.15, 0.2) is 0 Å². The third-order valence-corrected chi connectivity index (χ3v) is 6.33. The Morgan fingerprint density at radius 3 is 2.32 bits per heavy atom. The number of aliphatic imine (C=N–C) groups is 1. The zero-order valence-electron chi connectivity index (χ0n) is 18.7. The molecule has 0 bridgehead atoms. The SMILES string of the molecule is CN1CCN=C1c1ccc(NC(=O)C2c3ccccc3CN2C(=O)Nc2ccc(Cl)cc2)cc1. The van der Waals surface area contributed by atoms with E-state index in [1.165, 1.54) is 0 Å². The average Bonchev–Trinajstić information content (AvgIpc) is 3.45. The number of carbonyl (C=O) groups is 2. The molecule has 5 rings (SSSR count). The number of halogens is 1. The fourth-order valence-electron chi connectivity index (χ4n) is 4.35. The number of hydrogen-bond donors (Lipinski definition) is 2. The maximum Gasteiger partial charge on any atom is 0.323 e. The Morgan fingerprint density at radius 1 is 0.941 bits per heavy atom. The van der Waals surface area contributed by atoms with Gasteiger partial charge in [-0.1, -0.05) is 35.9 Å². The first kappa shape index (κ1) is 22.0. The monoisotopic (exact) mass is 473 g/mol. The molecule has 34 heavy (non-hydrogen) atoms. The summed E-state index contributed by atoms with van der Waals surface area (Å²) in [6.45, 7) is 2.04. The van der Waals surface area contributed by atoms with Crippen molar-refractivity contribution in [2.24, 2.45) is 4.99 Å². The van der Waals surface area contributed by atoms with Crippen LogP contribution in [0, 0.1) is 0 Å². The molecular weight excluding hydrogens is 450 g/mol. The number of nitrogens with zero attached hydrogens (tertiary/aromatic N) is 3. The van der Waals surface area contributed by atoms with Gasteiger partial charge in [-0.25, -0.2) is 4.79 Å². The Labute approximate surface area is 203 Å². The second kappa shape index (κ2) is 9.19. The zero-order chi connectivity index (χ0) is 23.7. The smallest absolute Gasteiger partial charge is 0.323 e. The van der Waals surface area contributed by atoms with Gasteiger partial charge in [0.2, 0.25) is 0 Å². The highest BCUT2D eigenvalue weighted by Crippen LogP contribution is 2.35. The summed E-state index contributed by atoms with van der Waals surface area (Å²) in [6, 6.07) is 21.0. The van der Waals surface area contributed by atoms with Gasteiger partial charge >= 0.3 is 6.03 Å². The number of fused-ring (bicyclic) bond motifs is 1. The van der Waals surface area contributed by atoms with Crippen LogP contribution in [0.4, 0.5) is 16.2 Å². The lowest BCUT2D eigenvalue weighted by Gasteiger charge is -2.25. The van der Waals surface area contributed by atoms with E-state index in [0.29, 0.717) is 22.9 Å². The first-order valence-corrected chi connectivity index (χ1v) is 11.5. The van der Waals surface area contributed by atoms with E-state index < -0.39 is 6.04 Å². The van der Waals surface area contributed by atoms with Gasteiger partial charge in [-0.2, -0.15) is 0 Å². The van der Waals surface area contributed by atoms with Crippen molar-refractivity contribution in [3.8, 4) is 0 Å². The first-order valence-electron chi connectivity index (χ1n) is 11.1. The number of amidine groups is 1. The van der Waals surface area contributed by atoms with Gasteiger partial charge in [0, 0.05) is 42.1 Å². The maximum absolute atomic E-state index is 13.4. The summed E-state index contributed by atoms with van der Waals surface area (Å²) in [7, 11) is 2.02. The number of urea groups is 1. The number of likely N-dealkylation sites (N-methyl/N-ethyl adjacent to an activating group) is 1. The number of amides is 3. The Bertz CT molecular complexity index is 1260. The molecule has 3 aromatic rings. The molecule has 172 valence electrons. The molecule has 1 unspecified atom stereocenters. The van der Waals surface area contributed by atoms with Crippen LogP contribution in [0.15, 0.2) is 77.8 Å². The second-order valence-electron chi connectivity index (χ2n) is 8.36. The van der Waals surface area contributed by atoms with E-state index in [0.717, 1.165) is 35.6 Å². The van der Waals surface area contributed by atoms with E-state index in [1.54, 1.807) is 29.2 Å². The number of carbonyl (C=O) groups excluding carboxylic acids is 2.